The number of halogens is 1. The van der Waals surface area contributed by atoms with E-state index in [0.29, 0.717) is 27.8 Å². The van der Waals surface area contributed by atoms with Gasteiger partial charge >= 0.3 is 5.97 Å². The number of esters is 1. The minimum Gasteiger partial charge on any atom is -0.465 e. The maximum absolute atomic E-state index is 15.7. The molecule has 56 heavy (non-hydrogen) atoms. The normalized spacial score (nSPS) is 13.5. The number of methoxy groups -OCH3 is 1. The molecule has 286 valence electrons. The monoisotopic (exact) mass is 797 g/mol. The van der Waals surface area contributed by atoms with Gasteiger partial charge in [0.2, 0.25) is 7.29 Å². The van der Waals surface area contributed by atoms with Crippen LogP contribution in [0.4, 0.5) is 0 Å². The molecule has 8 heteroatoms. The van der Waals surface area contributed by atoms with E-state index in [1.807, 2.05) is 97.1 Å². The van der Waals surface area contributed by atoms with E-state index >= 15 is 4.57 Å². The molecule has 6 aromatic carbocycles. The zero-order valence-electron chi connectivity index (χ0n) is 32.6. The molecular formula is C48H49ClNO4PSi. The summed E-state index contributed by atoms with van der Waals surface area (Å²) in [5.74, 6) is -0.517. The second kappa shape index (κ2) is 18.0. The van der Waals surface area contributed by atoms with Crippen molar-refractivity contribution >= 4 is 59.7 Å². The standard InChI is InChI=1S/C48H49ClNO4PSi/c1-36(35-54-56(48(2,3)4,43-22-14-8-15-23-43)44-24-16-9-17-25-44)34-45(37-30-32-40(49)33-31-37)46(38-26-28-39(29-27-38)47(51)53-5)50-55(52,41-18-10-6-11-19-41)42-20-12-7-13-21-42/h6-34,36,46H,35H2,1-5H3,(H,50,52)/b45-34+/t36-,46?/m1/s1. The van der Waals surface area contributed by atoms with Gasteiger partial charge in [0, 0.05) is 22.2 Å². The van der Waals surface area contributed by atoms with Gasteiger partial charge < -0.3 is 9.16 Å². The van der Waals surface area contributed by atoms with E-state index in [4.69, 9.17) is 20.8 Å². The second-order valence-corrected chi connectivity index (χ2v) is 22.3. The van der Waals surface area contributed by atoms with Crippen LogP contribution in [0.3, 0.4) is 0 Å². The van der Waals surface area contributed by atoms with Gasteiger partial charge in [-0.2, -0.15) is 0 Å². The Bertz CT molecular complexity index is 2180. The first-order valence-electron chi connectivity index (χ1n) is 18.9. The summed E-state index contributed by atoms with van der Waals surface area (Å²) in [5.41, 5.74) is 3.06. The summed E-state index contributed by atoms with van der Waals surface area (Å²) in [7, 11) is -4.96. The molecule has 0 saturated heterocycles. The van der Waals surface area contributed by atoms with Gasteiger partial charge in [-0.1, -0.05) is 167 Å². The highest BCUT2D eigenvalue weighted by atomic mass is 35.5. The van der Waals surface area contributed by atoms with E-state index in [1.165, 1.54) is 17.5 Å². The molecular weight excluding hydrogens is 749 g/mol. The third kappa shape index (κ3) is 8.91. The molecule has 0 aliphatic rings. The van der Waals surface area contributed by atoms with Crippen molar-refractivity contribution in [3.63, 3.8) is 0 Å². The predicted molar refractivity (Wildman–Crippen MR) is 236 cm³/mol. The molecule has 2 atom stereocenters. The van der Waals surface area contributed by atoms with Crippen LogP contribution in [-0.4, -0.2) is 28.0 Å². The Labute approximate surface area is 337 Å². The van der Waals surface area contributed by atoms with Gasteiger partial charge in [-0.15, -0.1) is 0 Å². The fourth-order valence-electron chi connectivity index (χ4n) is 7.38. The molecule has 0 aliphatic heterocycles. The van der Waals surface area contributed by atoms with Crippen molar-refractivity contribution in [1.29, 1.82) is 0 Å². The first-order valence-corrected chi connectivity index (χ1v) is 22.9. The Morgan fingerprint density at radius 3 is 1.59 bits per heavy atom. The average molecular weight is 798 g/mol. The summed E-state index contributed by atoms with van der Waals surface area (Å²) in [5, 5.41) is 7.92. The fraction of sp³-hybridized carbons (Fsp3) is 0.188. The molecule has 6 rings (SSSR count). The van der Waals surface area contributed by atoms with Crippen LogP contribution < -0.4 is 26.1 Å². The summed E-state index contributed by atoms with van der Waals surface area (Å²) in [6, 6.07) is 54.8. The van der Waals surface area contributed by atoms with Crippen molar-refractivity contribution in [2.24, 2.45) is 5.92 Å². The van der Waals surface area contributed by atoms with E-state index in [0.717, 1.165) is 16.7 Å². The van der Waals surface area contributed by atoms with E-state index in [9.17, 15) is 4.79 Å². The molecule has 0 radical (unpaired) electrons. The third-order valence-electron chi connectivity index (χ3n) is 10.1. The lowest BCUT2D eigenvalue weighted by atomic mass is 9.90. The van der Waals surface area contributed by atoms with Gasteiger partial charge in [0.05, 0.1) is 18.7 Å². The van der Waals surface area contributed by atoms with Crippen LogP contribution >= 0.6 is 18.9 Å². The Hall–Kier alpha value is -4.81. The number of ether oxygens (including phenoxy) is 1. The average Bonchev–Trinajstić information content (AvgIpc) is 3.23. The molecule has 0 saturated carbocycles. The van der Waals surface area contributed by atoms with Crippen LogP contribution in [0.25, 0.3) is 5.57 Å². The van der Waals surface area contributed by atoms with Gasteiger partial charge in [-0.05, 0) is 86.6 Å². The molecule has 6 aromatic rings. The fourth-order valence-corrected chi connectivity index (χ4v) is 14.6. The third-order valence-corrected chi connectivity index (χ3v) is 18.1. The maximum Gasteiger partial charge on any atom is 0.337 e. The Balaban J connectivity index is 1.51. The molecule has 0 aliphatic carbocycles. The van der Waals surface area contributed by atoms with Crippen LogP contribution in [-0.2, 0) is 13.7 Å². The van der Waals surface area contributed by atoms with Crippen LogP contribution in [0, 0.1) is 5.92 Å². The largest absolute Gasteiger partial charge is 0.465 e. The second-order valence-electron chi connectivity index (χ2n) is 15.0. The number of carbonyl (C=O) groups excluding carboxylic acids is 1. The maximum atomic E-state index is 15.7. The highest BCUT2D eigenvalue weighted by molar-refractivity contribution is 7.77. The predicted octanol–water partition coefficient (Wildman–Crippen LogP) is 9.98. The Morgan fingerprint density at radius 2 is 1.14 bits per heavy atom. The van der Waals surface area contributed by atoms with Gasteiger partial charge in [0.1, 0.15) is 0 Å². The van der Waals surface area contributed by atoms with E-state index in [2.05, 4.69) is 99.5 Å². The molecule has 1 N–H and O–H groups in total. The summed E-state index contributed by atoms with van der Waals surface area (Å²) in [6.45, 7) is 9.44. The van der Waals surface area contributed by atoms with Crippen molar-refractivity contribution in [2.45, 2.75) is 38.8 Å². The molecule has 0 heterocycles. The summed E-state index contributed by atoms with van der Waals surface area (Å²) >= 11 is 6.47. The zero-order valence-corrected chi connectivity index (χ0v) is 35.2. The highest BCUT2D eigenvalue weighted by Gasteiger charge is 2.50. The van der Waals surface area contributed by atoms with Crippen molar-refractivity contribution in [2.75, 3.05) is 13.7 Å². The van der Waals surface area contributed by atoms with E-state index < -0.39 is 27.6 Å². The Kier molecular flexibility index (Phi) is 13.1. The van der Waals surface area contributed by atoms with Crippen LogP contribution in [0.15, 0.2) is 176 Å². The van der Waals surface area contributed by atoms with Crippen molar-refractivity contribution < 1.29 is 18.5 Å². The molecule has 0 amide bonds. The van der Waals surface area contributed by atoms with E-state index in [-0.39, 0.29) is 11.0 Å². The lowest BCUT2D eigenvalue weighted by molar-refractivity contribution is 0.0600. The Morgan fingerprint density at radius 1 is 0.696 bits per heavy atom. The molecule has 0 bridgehead atoms. The number of hydrogen-bond donors (Lipinski definition) is 1. The number of hydrogen-bond acceptors (Lipinski definition) is 4. The van der Waals surface area contributed by atoms with E-state index in [1.54, 1.807) is 12.1 Å². The van der Waals surface area contributed by atoms with Gasteiger partial charge in [0.25, 0.3) is 8.32 Å². The molecule has 0 spiro atoms. The van der Waals surface area contributed by atoms with Gasteiger partial charge in [-0.25, -0.2) is 9.88 Å². The molecule has 0 fully saturated rings. The molecule has 0 aromatic heterocycles. The first kappa shape index (κ1) is 40.8. The van der Waals surface area contributed by atoms with Crippen molar-refractivity contribution in [3.05, 3.63) is 198 Å². The SMILES string of the molecule is COC(=O)c1ccc(C(NP(=O)(c2ccccc2)c2ccccc2)/C(=C/[C@@H](C)CO[Si](c2ccccc2)(c2ccccc2)C(C)(C)C)c2ccc(Cl)cc2)cc1. The lowest BCUT2D eigenvalue weighted by Gasteiger charge is -2.43. The number of nitrogens with one attached hydrogen (secondary N) is 1. The van der Waals surface area contributed by atoms with Gasteiger partial charge in [-0.3, -0.25) is 4.57 Å². The van der Waals surface area contributed by atoms with Crippen molar-refractivity contribution in [3.8, 4) is 0 Å². The van der Waals surface area contributed by atoms with Crippen LogP contribution in [0.2, 0.25) is 10.1 Å². The minimum atomic E-state index is -3.49. The molecule has 1 unspecified atom stereocenters. The minimum absolute atomic E-state index is 0.0891. The number of benzene rings is 6. The number of carbonyl (C=O) groups is 1. The summed E-state index contributed by atoms with van der Waals surface area (Å²) < 4.78 is 28.2. The van der Waals surface area contributed by atoms with Crippen LogP contribution in [0.1, 0.15) is 55.2 Å². The highest BCUT2D eigenvalue weighted by Crippen LogP contribution is 2.46. The van der Waals surface area contributed by atoms with Gasteiger partial charge in [0.15, 0.2) is 0 Å². The first-order chi connectivity index (χ1) is 27.0. The number of rotatable bonds is 14. The molecule has 5 nitrogen and oxygen atoms in total. The summed E-state index contributed by atoms with van der Waals surface area (Å²) in [6.07, 6.45) is 2.23. The van der Waals surface area contributed by atoms with Crippen LogP contribution in [0.5, 0.6) is 0 Å². The van der Waals surface area contributed by atoms with Crippen molar-refractivity contribution in [1.82, 2.24) is 5.09 Å². The quantitative estimate of drug-likeness (QED) is 0.0676. The zero-order chi connectivity index (χ0) is 39.8. The lowest BCUT2D eigenvalue weighted by Crippen LogP contribution is -2.66. The topological polar surface area (TPSA) is 64.6 Å². The summed E-state index contributed by atoms with van der Waals surface area (Å²) in [4.78, 5) is 12.5. The smallest absolute Gasteiger partial charge is 0.337 e.